The van der Waals surface area contributed by atoms with Crippen molar-refractivity contribution in [2.75, 3.05) is 10.7 Å². The van der Waals surface area contributed by atoms with E-state index in [4.69, 9.17) is 0 Å². The lowest BCUT2D eigenvalue weighted by atomic mass is 9.65. The Hall–Kier alpha value is 0.920. The summed E-state index contributed by atoms with van der Waals surface area (Å²) in [7, 11) is 0. The minimum absolute atomic E-state index is 0.0775. The lowest BCUT2D eigenvalue weighted by molar-refractivity contribution is -0.0692. The summed E-state index contributed by atoms with van der Waals surface area (Å²) in [5.41, 5.74) is -0.143. The molecule has 0 amide bonds. The molecule has 82 valence electrons. The normalized spacial score (nSPS) is 56.8. The molecule has 4 atom stereocenters. The van der Waals surface area contributed by atoms with Crippen molar-refractivity contribution >= 4 is 31.9 Å². The SMILES string of the molecule is CC1(O)CC2CCC1(CBr)C2(C)CBr. The Labute approximate surface area is 103 Å². The zero-order valence-electron chi connectivity index (χ0n) is 8.82. The van der Waals surface area contributed by atoms with E-state index in [-0.39, 0.29) is 10.8 Å². The van der Waals surface area contributed by atoms with Gasteiger partial charge in [0.05, 0.1) is 5.60 Å². The highest BCUT2D eigenvalue weighted by Crippen LogP contribution is 2.70. The third-order valence-electron chi connectivity index (χ3n) is 5.09. The van der Waals surface area contributed by atoms with Gasteiger partial charge in [-0.3, -0.25) is 0 Å². The van der Waals surface area contributed by atoms with Gasteiger partial charge in [-0.25, -0.2) is 0 Å². The molecule has 4 unspecified atom stereocenters. The molecule has 3 heteroatoms. The van der Waals surface area contributed by atoms with Crippen LogP contribution in [0.2, 0.25) is 0 Å². The number of hydrogen-bond acceptors (Lipinski definition) is 1. The first-order valence-corrected chi connectivity index (χ1v) is 7.52. The zero-order valence-corrected chi connectivity index (χ0v) is 12.0. The molecule has 0 radical (unpaired) electrons. The van der Waals surface area contributed by atoms with Crippen LogP contribution in [-0.2, 0) is 0 Å². The van der Waals surface area contributed by atoms with Crippen molar-refractivity contribution in [2.24, 2.45) is 16.7 Å². The third kappa shape index (κ3) is 1.04. The predicted octanol–water partition coefficient (Wildman–Crippen LogP) is 3.33. The molecule has 2 aliphatic carbocycles. The number of aliphatic hydroxyl groups is 1. The van der Waals surface area contributed by atoms with Crippen molar-refractivity contribution < 1.29 is 5.11 Å². The number of rotatable bonds is 2. The van der Waals surface area contributed by atoms with Crippen LogP contribution in [-0.4, -0.2) is 21.4 Å². The summed E-state index contributed by atoms with van der Waals surface area (Å²) >= 11 is 7.28. The molecule has 1 nitrogen and oxygen atoms in total. The molecular formula is C11H18Br2O. The maximum absolute atomic E-state index is 10.6. The smallest absolute Gasteiger partial charge is 0.0692 e. The Morgan fingerprint density at radius 3 is 2.29 bits per heavy atom. The molecule has 14 heavy (non-hydrogen) atoms. The molecule has 2 fully saturated rings. The number of halogens is 2. The van der Waals surface area contributed by atoms with E-state index in [1.807, 2.05) is 6.92 Å². The highest BCUT2D eigenvalue weighted by molar-refractivity contribution is 9.09. The quantitative estimate of drug-likeness (QED) is 0.772. The lowest BCUT2D eigenvalue weighted by Crippen LogP contribution is -2.50. The van der Waals surface area contributed by atoms with Gasteiger partial charge in [0.1, 0.15) is 0 Å². The van der Waals surface area contributed by atoms with E-state index in [1.165, 1.54) is 6.42 Å². The lowest BCUT2D eigenvalue weighted by Gasteiger charge is -2.46. The molecule has 2 rings (SSSR count). The summed E-state index contributed by atoms with van der Waals surface area (Å²) < 4.78 is 0. The second kappa shape index (κ2) is 3.21. The van der Waals surface area contributed by atoms with Crippen LogP contribution in [0.3, 0.4) is 0 Å². The summed E-state index contributed by atoms with van der Waals surface area (Å²) in [4.78, 5) is 0. The van der Waals surface area contributed by atoms with Gasteiger partial charge in [0.15, 0.2) is 0 Å². The number of hydrogen-bond donors (Lipinski definition) is 1. The molecule has 0 spiro atoms. The largest absolute Gasteiger partial charge is 0.390 e. The van der Waals surface area contributed by atoms with E-state index in [0.29, 0.717) is 5.92 Å². The van der Waals surface area contributed by atoms with Crippen LogP contribution in [0.5, 0.6) is 0 Å². The minimum atomic E-state index is -0.484. The maximum Gasteiger partial charge on any atom is 0.0692 e. The second-order valence-electron chi connectivity index (χ2n) is 5.48. The highest BCUT2D eigenvalue weighted by atomic mass is 79.9. The van der Waals surface area contributed by atoms with Crippen molar-refractivity contribution in [3.8, 4) is 0 Å². The first kappa shape index (κ1) is 11.4. The van der Waals surface area contributed by atoms with Gasteiger partial charge < -0.3 is 5.11 Å². The molecule has 2 bridgehead atoms. The van der Waals surface area contributed by atoms with Gasteiger partial charge in [0.2, 0.25) is 0 Å². The van der Waals surface area contributed by atoms with Gasteiger partial charge in [-0.05, 0) is 37.5 Å². The van der Waals surface area contributed by atoms with Crippen LogP contribution in [0, 0.1) is 16.7 Å². The van der Waals surface area contributed by atoms with Crippen molar-refractivity contribution in [2.45, 2.75) is 38.7 Å². The molecule has 0 aromatic heterocycles. The summed E-state index contributed by atoms with van der Waals surface area (Å²) in [5.74, 6) is 0.689. The molecule has 2 aliphatic rings. The summed E-state index contributed by atoms with van der Waals surface area (Å²) in [6.45, 7) is 4.36. The molecule has 0 aromatic carbocycles. The van der Waals surface area contributed by atoms with Crippen molar-refractivity contribution in [3.63, 3.8) is 0 Å². The maximum atomic E-state index is 10.6. The Bertz CT molecular complexity index is 254. The highest BCUT2D eigenvalue weighted by Gasteiger charge is 2.69. The molecule has 0 heterocycles. The number of alkyl halides is 2. The van der Waals surface area contributed by atoms with Gasteiger partial charge in [-0.1, -0.05) is 38.8 Å². The monoisotopic (exact) mass is 324 g/mol. The first-order chi connectivity index (χ1) is 6.43. The molecule has 0 saturated heterocycles. The van der Waals surface area contributed by atoms with Crippen LogP contribution in [0.25, 0.3) is 0 Å². The van der Waals surface area contributed by atoms with Crippen LogP contribution < -0.4 is 0 Å². The van der Waals surface area contributed by atoms with Gasteiger partial charge in [-0.2, -0.15) is 0 Å². The Balaban J connectivity index is 2.48. The van der Waals surface area contributed by atoms with Gasteiger partial charge in [-0.15, -0.1) is 0 Å². The van der Waals surface area contributed by atoms with Crippen LogP contribution in [0.1, 0.15) is 33.1 Å². The first-order valence-electron chi connectivity index (χ1n) is 5.28. The number of fused-ring (bicyclic) bond motifs is 2. The average molecular weight is 326 g/mol. The minimum Gasteiger partial charge on any atom is -0.390 e. The van der Waals surface area contributed by atoms with Gasteiger partial charge >= 0.3 is 0 Å². The summed E-state index contributed by atoms with van der Waals surface area (Å²) in [6, 6.07) is 0. The Morgan fingerprint density at radius 2 is 1.93 bits per heavy atom. The third-order valence-corrected chi connectivity index (χ3v) is 7.22. The molecular weight excluding hydrogens is 308 g/mol. The molecule has 2 saturated carbocycles. The van der Waals surface area contributed by atoms with E-state index in [0.717, 1.165) is 23.5 Å². The zero-order chi connectivity index (χ0) is 10.6. The standard InChI is InChI=1S/C11H18Br2O/c1-9(6-12)8-3-4-11(9,7-13)10(2,14)5-8/h8,14H,3-7H2,1-2H3. The van der Waals surface area contributed by atoms with E-state index < -0.39 is 5.60 Å². The van der Waals surface area contributed by atoms with E-state index in [1.54, 1.807) is 0 Å². The molecule has 0 aliphatic heterocycles. The molecule has 0 aromatic rings. The van der Waals surface area contributed by atoms with Crippen molar-refractivity contribution in [3.05, 3.63) is 0 Å². The summed E-state index contributed by atoms with van der Waals surface area (Å²) in [5, 5.41) is 12.5. The fourth-order valence-electron chi connectivity index (χ4n) is 3.90. The topological polar surface area (TPSA) is 20.2 Å². The van der Waals surface area contributed by atoms with Gasteiger partial charge in [0.25, 0.3) is 0 Å². The van der Waals surface area contributed by atoms with Crippen LogP contribution >= 0.6 is 31.9 Å². The average Bonchev–Trinajstić information content (AvgIpc) is 2.50. The predicted molar refractivity (Wildman–Crippen MR) is 66.1 cm³/mol. The van der Waals surface area contributed by atoms with E-state index in [2.05, 4.69) is 38.8 Å². The summed E-state index contributed by atoms with van der Waals surface area (Å²) in [6.07, 6.45) is 3.42. The fraction of sp³-hybridized carbons (Fsp3) is 1.00. The van der Waals surface area contributed by atoms with E-state index >= 15 is 0 Å². The van der Waals surface area contributed by atoms with Gasteiger partial charge in [0, 0.05) is 16.1 Å². The van der Waals surface area contributed by atoms with E-state index in [9.17, 15) is 5.11 Å². The Kier molecular flexibility index (Phi) is 2.61. The fourth-order valence-corrected chi connectivity index (χ4v) is 6.42. The van der Waals surface area contributed by atoms with Crippen LogP contribution in [0.15, 0.2) is 0 Å². The van der Waals surface area contributed by atoms with Crippen molar-refractivity contribution in [1.82, 2.24) is 0 Å². The molecule has 1 N–H and O–H groups in total. The van der Waals surface area contributed by atoms with Crippen molar-refractivity contribution in [1.29, 1.82) is 0 Å². The van der Waals surface area contributed by atoms with Crippen LogP contribution in [0.4, 0.5) is 0 Å². The second-order valence-corrected chi connectivity index (χ2v) is 6.60. The Morgan fingerprint density at radius 1 is 1.29 bits per heavy atom.